The largest absolute Gasteiger partial charge is 0.481 e. The summed E-state index contributed by atoms with van der Waals surface area (Å²) in [7, 11) is 0. The maximum atomic E-state index is 12.5. The Morgan fingerprint density at radius 2 is 2.20 bits per heavy atom. The van der Waals surface area contributed by atoms with Gasteiger partial charge in [0.2, 0.25) is 17.6 Å². The van der Waals surface area contributed by atoms with Gasteiger partial charge < -0.3 is 14.5 Å². The Labute approximate surface area is 148 Å². The molecule has 0 unspecified atom stereocenters. The van der Waals surface area contributed by atoms with Crippen LogP contribution in [-0.4, -0.2) is 45.1 Å². The monoisotopic (exact) mass is 361 g/mol. The Bertz CT molecular complexity index is 769. The average Bonchev–Trinajstić information content (AvgIpc) is 3.05. The Morgan fingerprint density at radius 1 is 1.36 bits per heavy atom. The van der Waals surface area contributed by atoms with Gasteiger partial charge in [0.05, 0.1) is 5.92 Å². The highest BCUT2D eigenvalue weighted by atomic mass is 32.1. The molecule has 0 radical (unpaired) electrons. The van der Waals surface area contributed by atoms with Crippen molar-refractivity contribution in [3.05, 3.63) is 22.7 Å². The molecule has 1 aliphatic heterocycles. The zero-order valence-electron chi connectivity index (χ0n) is 13.6. The number of thiophene rings is 1. The molecular formula is C17H19N3O4S. The fourth-order valence-electron chi connectivity index (χ4n) is 3.53. The van der Waals surface area contributed by atoms with Gasteiger partial charge in [0.1, 0.15) is 0 Å². The minimum absolute atomic E-state index is 0.0373. The van der Waals surface area contributed by atoms with Gasteiger partial charge in [0, 0.05) is 36.9 Å². The van der Waals surface area contributed by atoms with Crippen molar-refractivity contribution in [3.63, 3.8) is 0 Å². The number of hydrogen-bond donors (Lipinski definition) is 1. The van der Waals surface area contributed by atoms with Gasteiger partial charge >= 0.3 is 5.97 Å². The second-order valence-electron chi connectivity index (χ2n) is 6.77. The first kappa shape index (κ1) is 16.3. The van der Waals surface area contributed by atoms with Crippen molar-refractivity contribution in [2.24, 2.45) is 17.8 Å². The van der Waals surface area contributed by atoms with Crippen molar-refractivity contribution in [3.8, 4) is 11.4 Å². The normalized spacial score (nSPS) is 23.1. The molecule has 2 aromatic heterocycles. The number of aliphatic carboxylic acids is 1. The van der Waals surface area contributed by atoms with Crippen molar-refractivity contribution in [2.45, 2.75) is 25.7 Å². The van der Waals surface area contributed by atoms with Crippen molar-refractivity contribution >= 4 is 23.2 Å². The van der Waals surface area contributed by atoms with Crippen LogP contribution in [-0.2, 0) is 16.0 Å². The minimum atomic E-state index is -0.787. The Morgan fingerprint density at radius 3 is 2.88 bits per heavy atom. The lowest BCUT2D eigenvalue weighted by Crippen LogP contribution is -2.30. The van der Waals surface area contributed by atoms with Crippen LogP contribution in [0.25, 0.3) is 11.4 Å². The van der Waals surface area contributed by atoms with Crippen molar-refractivity contribution < 1.29 is 19.2 Å². The molecule has 2 aromatic rings. The summed E-state index contributed by atoms with van der Waals surface area (Å²) in [4.78, 5) is 29.9. The molecular weight excluding hydrogens is 342 g/mol. The van der Waals surface area contributed by atoms with Crippen molar-refractivity contribution in [2.75, 3.05) is 13.1 Å². The van der Waals surface area contributed by atoms with Crippen LogP contribution in [0.1, 0.15) is 25.2 Å². The topological polar surface area (TPSA) is 96.5 Å². The van der Waals surface area contributed by atoms with Crippen molar-refractivity contribution in [1.82, 2.24) is 15.0 Å². The van der Waals surface area contributed by atoms with Gasteiger partial charge in [-0.15, -0.1) is 0 Å². The third-order valence-corrected chi connectivity index (χ3v) is 5.75. The van der Waals surface area contributed by atoms with Gasteiger partial charge in [-0.05, 0) is 36.1 Å². The fourth-order valence-corrected chi connectivity index (χ4v) is 4.17. The van der Waals surface area contributed by atoms with Crippen LogP contribution < -0.4 is 0 Å². The quantitative estimate of drug-likeness (QED) is 0.848. The molecule has 1 amide bonds. The van der Waals surface area contributed by atoms with Crippen LogP contribution in [0.2, 0.25) is 0 Å². The Kier molecular flexibility index (Phi) is 4.29. The summed E-state index contributed by atoms with van der Waals surface area (Å²) in [5.74, 6) is 0.296. The number of carbonyl (C=O) groups is 2. The first-order chi connectivity index (χ1) is 12.1. The van der Waals surface area contributed by atoms with Gasteiger partial charge in [0.15, 0.2) is 0 Å². The highest BCUT2D eigenvalue weighted by Gasteiger charge is 2.46. The third-order valence-electron chi connectivity index (χ3n) is 5.06. The SMILES string of the molecule is O=C(O)[C@H]1CN(C(=O)CCc2nc(-c3ccsc3)no2)C[C@@H]1C1CC1. The second kappa shape index (κ2) is 6.59. The molecule has 0 spiro atoms. The number of carboxylic acid groups (broad SMARTS) is 1. The summed E-state index contributed by atoms with van der Waals surface area (Å²) in [6.45, 7) is 0.879. The molecule has 1 aliphatic carbocycles. The highest BCUT2D eigenvalue weighted by Crippen LogP contribution is 2.44. The summed E-state index contributed by atoms with van der Waals surface area (Å²) in [5.41, 5.74) is 0.905. The van der Waals surface area contributed by atoms with Gasteiger partial charge in [-0.1, -0.05) is 5.16 Å². The van der Waals surface area contributed by atoms with Crippen LogP contribution in [0.5, 0.6) is 0 Å². The fraction of sp³-hybridized carbons (Fsp3) is 0.529. The lowest BCUT2D eigenvalue weighted by molar-refractivity contribution is -0.142. The molecule has 0 aromatic carbocycles. The molecule has 1 saturated carbocycles. The molecule has 1 N–H and O–H groups in total. The summed E-state index contributed by atoms with van der Waals surface area (Å²) in [6, 6.07) is 1.92. The number of aromatic nitrogens is 2. The van der Waals surface area contributed by atoms with E-state index in [0.717, 1.165) is 18.4 Å². The zero-order chi connectivity index (χ0) is 17.4. The molecule has 7 nitrogen and oxygen atoms in total. The lowest BCUT2D eigenvalue weighted by Gasteiger charge is -2.15. The third kappa shape index (κ3) is 3.44. The van der Waals surface area contributed by atoms with E-state index in [2.05, 4.69) is 10.1 Å². The maximum Gasteiger partial charge on any atom is 0.308 e. The first-order valence-corrected chi connectivity index (χ1v) is 9.42. The second-order valence-corrected chi connectivity index (χ2v) is 7.55. The predicted molar refractivity (Wildman–Crippen MR) is 89.9 cm³/mol. The molecule has 8 heteroatoms. The molecule has 1 saturated heterocycles. The van der Waals surface area contributed by atoms with Crippen LogP contribution in [0.15, 0.2) is 21.3 Å². The smallest absolute Gasteiger partial charge is 0.308 e. The van der Waals surface area contributed by atoms with E-state index >= 15 is 0 Å². The zero-order valence-corrected chi connectivity index (χ0v) is 14.4. The van der Waals surface area contributed by atoms with E-state index in [-0.39, 0.29) is 18.2 Å². The predicted octanol–water partition coefficient (Wildman–Crippen LogP) is 2.30. The molecule has 2 atom stereocenters. The molecule has 3 heterocycles. The summed E-state index contributed by atoms with van der Waals surface area (Å²) in [6.07, 6.45) is 2.81. The first-order valence-electron chi connectivity index (χ1n) is 8.47. The van der Waals surface area contributed by atoms with Gasteiger partial charge in [-0.2, -0.15) is 16.3 Å². The summed E-state index contributed by atoms with van der Waals surface area (Å²) < 4.78 is 5.21. The molecule has 2 fully saturated rings. The number of aryl methyl sites for hydroxylation is 1. The van der Waals surface area contributed by atoms with Crippen LogP contribution in [0.3, 0.4) is 0 Å². The van der Waals surface area contributed by atoms with E-state index in [1.807, 2.05) is 16.8 Å². The van der Waals surface area contributed by atoms with Crippen LogP contribution in [0, 0.1) is 17.8 Å². The average molecular weight is 361 g/mol. The molecule has 0 bridgehead atoms. The number of amides is 1. The number of carboxylic acids is 1. The van der Waals surface area contributed by atoms with Crippen molar-refractivity contribution in [1.29, 1.82) is 0 Å². The summed E-state index contributed by atoms with van der Waals surface area (Å²) >= 11 is 1.56. The molecule has 2 aliphatic rings. The summed E-state index contributed by atoms with van der Waals surface area (Å²) in [5, 5.41) is 17.2. The number of rotatable bonds is 6. The Hall–Kier alpha value is -2.22. The minimum Gasteiger partial charge on any atom is -0.481 e. The standard InChI is InChI=1S/C17H19N3O4S/c21-15(20-7-12(10-1-2-10)13(8-20)17(22)23)4-3-14-18-16(19-24-14)11-5-6-25-9-11/h5-6,9-10,12-13H,1-4,7-8H2,(H,22,23)/t12-,13+/m1/s1. The van der Waals surface area contributed by atoms with E-state index in [9.17, 15) is 14.7 Å². The van der Waals surface area contributed by atoms with E-state index < -0.39 is 11.9 Å². The number of hydrogen-bond acceptors (Lipinski definition) is 6. The lowest BCUT2D eigenvalue weighted by atomic mass is 9.92. The highest BCUT2D eigenvalue weighted by molar-refractivity contribution is 7.08. The van der Waals surface area contributed by atoms with Crippen LogP contribution in [0.4, 0.5) is 0 Å². The van der Waals surface area contributed by atoms with Gasteiger partial charge in [0.25, 0.3) is 0 Å². The molecule has 4 rings (SSSR count). The number of carbonyl (C=O) groups excluding carboxylic acids is 1. The van der Waals surface area contributed by atoms with E-state index in [1.165, 1.54) is 0 Å². The van der Waals surface area contributed by atoms with Gasteiger partial charge in [-0.25, -0.2) is 0 Å². The van der Waals surface area contributed by atoms with E-state index in [1.54, 1.807) is 16.2 Å². The Balaban J connectivity index is 1.34. The van der Waals surface area contributed by atoms with E-state index in [4.69, 9.17) is 4.52 Å². The van der Waals surface area contributed by atoms with Gasteiger partial charge in [-0.3, -0.25) is 9.59 Å². The molecule has 132 valence electrons. The van der Waals surface area contributed by atoms with Crippen LogP contribution >= 0.6 is 11.3 Å². The molecule has 25 heavy (non-hydrogen) atoms. The van der Waals surface area contributed by atoms with E-state index in [0.29, 0.717) is 37.1 Å². The number of nitrogens with zero attached hydrogens (tertiary/aromatic N) is 3. The maximum absolute atomic E-state index is 12.5. The number of likely N-dealkylation sites (tertiary alicyclic amines) is 1.